The van der Waals surface area contributed by atoms with E-state index < -0.39 is 11.4 Å². The molecule has 0 amide bonds. The summed E-state index contributed by atoms with van der Waals surface area (Å²) in [6.07, 6.45) is 4.98. The van der Waals surface area contributed by atoms with Crippen LogP contribution in [0.2, 0.25) is 0 Å². The molecule has 0 atom stereocenters. The lowest BCUT2D eigenvalue weighted by Crippen LogP contribution is -2.18. The highest BCUT2D eigenvalue weighted by Crippen LogP contribution is 2.50. The predicted octanol–water partition coefficient (Wildman–Crippen LogP) is 2.97. The van der Waals surface area contributed by atoms with E-state index in [0.717, 1.165) is 19.3 Å². The van der Waals surface area contributed by atoms with Gasteiger partial charge >= 0.3 is 5.97 Å². The van der Waals surface area contributed by atoms with E-state index in [1.54, 1.807) is 0 Å². The maximum atomic E-state index is 11.2. The Morgan fingerprint density at radius 1 is 1.31 bits per heavy atom. The molecule has 2 aliphatic carbocycles. The Morgan fingerprint density at radius 3 is 2.56 bits per heavy atom. The van der Waals surface area contributed by atoms with Crippen molar-refractivity contribution in [3.8, 4) is 0 Å². The standard InChI is InChI=1S/C14H16O2/c15-13(16)14(7-8-14)9-11-3-1-2-4-12(11)10-5-6-10/h1-4,10H,5-9H2,(H,15,16). The van der Waals surface area contributed by atoms with Crippen LogP contribution < -0.4 is 0 Å². The molecule has 16 heavy (non-hydrogen) atoms. The first-order valence-electron chi connectivity index (χ1n) is 6.02. The molecular weight excluding hydrogens is 200 g/mol. The van der Waals surface area contributed by atoms with Crippen molar-refractivity contribution in [2.24, 2.45) is 5.41 Å². The quantitative estimate of drug-likeness (QED) is 0.840. The summed E-state index contributed by atoms with van der Waals surface area (Å²) in [7, 11) is 0. The van der Waals surface area contributed by atoms with E-state index in [-0.39, 0.29) is 0 Å². The molecule has 2 aliphatic rings. The van der Waals surface area contributed by atoms with E-state index in [1.807, 2.05) is 6.07 Å². The zero-order chi connectivity index (χ0) is 11.2. The molecule has 0 bridgehead atoms. The Bertz CT molecular complexity index is 428. The second kappa shape index (κ2) is 3.34. The van der Waals surface area contributed by atoms with Crippen LogP contribution in [-0.2, 0) is 11.2 Å². The van der Waals surface area contributed by atoms with Crippen molar-refractivity contribution in [2.45, 2.75) is 38.0 Å². The smallest absolute Gasteiger partial charge is 0.309 e. The topological polar surface area (TPSA) is 37.3 Å². The molecule has 1 N–H and O–H groups in total. The third-order valence-corrected chi connectivity index (χ3v) is 3.91. The molecule has 1 aromatic rings. The van der Waals surface area contributed by atoms with Crippen LogP contribution in [0.3, 0.4) is 0 Å². The van der Waals surface area contributed by atoms with Gasteiger partial charge in [-0.05, 0) is 49.1 Å². The first kappa shape index (κ1) is 9.88. The van der Waals surface area contributed by atoms with E-state index in [2.05, 4.69) is 18.2 Å². The highest BCUT2D eigenvalue weighted by Gasteiger charge is 2.50. The van der Waals surface area contributed by atoms with E-state index in [4.69, 9.17) is 0 Å². The number of carboxylic acids is 1. The number of carboxylic acid groups (broad SMARTS) is 1. The van der Waals surface area contributed by atoms with Gasteiger partial charge in [-0.25, -0.2) is 0 Å². The predicted molar refractivity (Wildman–Crippen MR) is 61.4 cm³/mol. The molecule has 3 rings (SSSR count). The summed E-state index contributed by atoms with van der Waals surface area (Å²) in [6.45, 7) is 0. The summed E-state index contributed by atoms with van der Waals surface area (Å²) < 4.78 is 0. The molecule has 84 valence electrons. The molecule has 0 heterocycles. The normalized spacial score (nSPS) is 21.8. The minimum atomic E-state index is -0.613. The van der Waals surface area contributed by atoms with Gasteiger partial charge in [0.25, 0.3) is 0 Å². The van der Waals surface area contributed by atoms with Crippen LogP contribution in [0, 0.1) is 5.41 Å². The van der Waals surface area contributed by atoms with Gasteiger partial charge in [0.15, 0.2) is 0 Å². The van der Waals surface area contributed by atoms with Crippen molar-refractivity contribution < 1.29 is 9.90 Å². The van der Waals surface area contributed by atoms with Crippen molar-refractivity contribution in [1.29, 1.82) is 0 Å². The van der Waals surface area contributed by atoms with Gasteiger partial charge in [0.1, 0.15) is 0 Å². The maximum absolute atomic E-state index is 11.2. The lowest BCUT2D eigenvalue weighted by Gasteiger charge is -2.13. The first-order chi connectivity index (χ1) is 7.71. The van der Waals surface area contributed by atoms with E-state index in [9.17, 15) is 9.90 Å². The van der Waals surface area contributed by atoms with Crippen molar-refractivity contribution >= 4 is 5.97 Å². The largest absolute Gasteiger partial charge is 0.481 e. The van der Waals surface area contributed by atoms with Crippen LogP contribution in [0.15, 0.2) is 24.3 Å². The van der Waals surface area contributed by atoms with Crippen molar-refractivity contribution in [1.82, 2.24) is 0 Å². The summed E-state index contributed by atoms with van der Waals surface area (Å²) in [5, 5.41) is 9.21. The van der Waals surface area contributed by atoms with Crippen LogP contribution in [0.1, 0.15) is 42.7 Å². The summed E-state index contributed by atoms with van der Waals surface area (Å²) in [6, 6.07) is 8.37. The van der Waals surface area contributed by atoms with Crippen LogP contribution >= 0.6 is 0 Å². The molecule has 2 fully saturated rings. The third-order valence-electron chi connectivity index (χ3n) is 3.91. The zero-order valence-corrected chi connectivity index (χ0v) is 9.28. The molecule has 0 spiro atoms. The van der Waals surface area contributed by atoms with E-state index in [1.165, 1.54) is 24.0 Å². The highest BCUT2D eigenvalue weighted by molar-refractivity contribution is 5.78. The Labute approximate surface area is 95.3 Å². The fourth-order valence-electron chi connectivity index (χ4n) is 2.47. The van der Waals surface area contributed by atoms with Gasteiger partial charge in [0, 0.05) is 0 Å². The summed E-state index contributed by atoms with van der Waals surface area (Å²) in [4.78, 5) is 11.2. The first-order valence-corrected chi connectivity index (χ1v) is 6.02. The summed E-state index contributed by atoms with van der Waals surface area (Å²) in [5.41, 5.74) is 2.24. The molecule has 0 saturated heterocycles. The minimum Gasteiger partial charge on any atom is -0.481 e. The SMILES string of the molecule is O=C(O)C1(Cc2ccccc2C2CC2)CC1. The van der Waals surface area contributed by atoms with Crippen LogP contribution in [0.25, 0.3) is 0 Å². The number of aliphatic carboxylic acids is 1. The molecule has 0 radical (unpaired) electrons. The maximum Gasteiger partial charge on any atom is 0.309 e. The van der Waals surface area contributed by atoms with Gasteiger partial charge in [-0.2, -0.15) is 0 Å². The molecule has 1 aromatic carbocycles. The van der Waals surface area contributed by atoms with Gasteiger partial charge in [0.2, 0.25) is 0 Å². The lowest BCUT2D eigenvalue weighted by molar-refractivity contribution is -0.143. The molecule has 0 aromatic heterocycles. The van der Waals surface area contributed by atoms with Crippen molar-refractivity contribution in [3.05, 3.63) is 35.4 Å². The van der Waals surface area contributed by atoms with E-state index in [0.29, 0.717) is 5.92 Å². The Hall–Kier alpha value is -1.31. The molecule has 0 aliphatic heterocycles. The third kappa shape index (κ3) is 1.62. The molecule has 2 heteroatoms. The molecule has 0 unspecified atom stereocenters. The van der Waals surface area contributed by atoms with Gasteiger partial charge in [-0.15, -0.1) is 0 Å². The number of rotatable bonds is 4. The van der Waals surface area contributed by atoms with Crippen LogP contribution in [0.4, 0.5) is 0 Å². The van der Waals surface area contributed by atoms with Crippen molar-refractivity contribution in [2.75, 3.05) is 0 Å². The van der Waals surface area contributed by atoms with Gasteiger partial charge in [0.05, 0.1) is 5.41 Å². The van der Waals surface area contributed by atoms with Crippen LogP contribution in [0.5, 0.6) is 0 Å². The highest BCUT2D eigenvalue weighted by atomic mass is 16.4. The summed E-state index contributed by atoms with van der Waals surface area (Å²) >= 11 is 0. The fraction of sp³-hybridized carbons (Fsp3) is 0.500. The number of hydrogen-bond acceptors (Lipinski definition) is 1. The molecular formula is C14H16O2. The summed E-state index contributed by atoms with van der Waals surface area (Å²) in [5.74, 6) is 0.0962. The Morgan fingerprint density at radius 2 is 2.00 bits per heavy atom. The van der Waals surface area contributed by atoms with Gasteiger partial charge < -0.3 is 5.11 Å². The molecule has 2 saturated carbocycles. The second-order valence-corrected chi connectivity index (χ2v) is 5.24. The van der Waals surface area contributed by atoms with Crippen LogP contribution in [-0.4, -0.2) is 11.1 Å². The lowest BCUT2D eigenvalue weighted by atomic mass is 9.91. The number of carbonyl (C=O) groups is 1. The van der Waals surface area contributed by atoms with Gasteiger partial charge in [-0.1, -0.05) is 24.3 Å². The van der Waals surface area contributed by atoms with Gasteiger partial charge in [-0.3, -0.25) is 4.79 Å². The minimum absolute atomic E-state index is 0.426. The van der Waals surface area contributed by atoms with E-state index >= 15 is 0 Å². The number of benzene rings is 1. The monoisotopic (exact) mass is 216 g/mol. The molecule has 2 nitrogen and oxygen atoms in total. The zero-order valence-electron chi connectivity index (χ0n) is 9.28. The fourth-order valence-corrected chi connectivity index (χ4v) is 2.47. The Kier molecular flexibility index (Phi) is 2.06. The average Bonchev–Trinajstić information content (AvgIpc) is 3.14. The number of hydrogen-bond donors (Lipinski definition) is 1. The van der Waals surface area contributed by atoms with Crippen molar-refractivity contribution in [3.63, 3.8) is 0 Å². The Balaban J connectivity index is 1.86. The average molecular weight is 216 g/mol. The second-order valence-electron chi connectivity index (χ2n) is 5.24.